The molecule has 0 bridgehead atoms. The Bertz CT molecular complexity index is 395. The van der Waals surface area contributed by atoms with Crippen molar-refractivity contribution in [3.8, 4) is 0 Å². The molecule has 0 fully saturated rings. The first kappa shape index (κ1) is 14.9. The molecule has 3 nitrogen and oxygen atoms in total. The van der Waals surface area contributed by atoms with Gasteiger partial charge in [0.2, 0.25) is 5.91 Å². The summed E-state index contributed by atoms with van der Waals surface area (Å²) in [5.41, 5.74) is 6.59. The van der Waals surface area contributed by atoms with Crippen LogP contribution in [0.25, 0.3) is 0 Å². The van der Waals surface area contributed by atoms with Gasteiger partial charge < -0.3 is 11.1 Å². The number of thioether (sulfide) groups is 1. The summed E-state index contributed by atoms with van der Waals surface area (Å²) in [5.74, 6) is 0.0733. The highest BCUT2D eigenvalue weighted by Gasteiger charge is 2.16. The molecule has 1 aromatic rings. The van der Waals surface area contributed by atoms with Gasteiger partial charge >= 0.3 is 0 Å². The van der Waals surface area contributed by atoms with Crippen LogP contribution in [0, 0.1) is 0 Å². The molecule has 0 radical (unpaired) electrons. The molecular weight excluding hydrogens is 244 g/mol. The largest absolute Gasteiger partial charge is 0.398 e. The molecule has 1 amide bonds. The van der Waals surface area contributed by atoms with Crippen LogP contribution < -0.4 is 11.1 Å². The van der Waals surface area contributed by atoms with E-state index in [-0.39, 0.29) is 17.2 Å². The topological polar surface area (TPSA) is 55.1 Å². The van der Waals surface area contributed by atoms with Crippen molar-refractivity contribution in [2.75, 3.05) is 5.73 Å². The van der Waals surface area contributed by atoms with E-state index in [1.807, 2.05) is 38.1 Å². The number of nitrogens with two attached hydrogens (primary N) is 1. The lowest BCUT2D eigenvalue weighted by Crippen LogP contribution is -2.37. The summed E-state index contributed by atoms with van der Waals surface area (Å²) in [6, 6.07) is 7.86. The Hall–Kier alpha value is -1.16. The van der Waals surface area contributed by atoms with Gasteiger partial charge in [-0.2, -0.15) is 0 Å². The Morgan fingerprint density at radius 2 is 2.06 bits per heavy atom. The molecule has 0 saturated carbocycles. The lowest BCUT2D eigenvalue weighted by atomic mass is 10.2. The quantitative estimate of drug-likeness (QED) is 0.614. The van der Waals surface area contributed by atoms with Gasteiger partial charge in [0, 0.05) is 16.6 Å². The molecule has 1 aromatic carbocycles. The number of hydrogen-bond acceptors (Lipinski definition) is 3. The molecule has 0 aromatic heterocycles. The van der Waals surface area contributed by atoms with Crippen LogP contribution in [0.4, 0.5) is 5.69 Å². The number of carbonyl (C=O) groups excluding carboxylic acids is 1. The van der Waals surface area contributed by atoms with E-state index in [1.165, 1.54) is 11.8 Å². The van der Waals surface area contributed by atoms with Crippen molar-refractivity contribution >= 4 is 23.4 Å². The number of carbonyl (C=O) groups is 1. The summed E-state index contributed by atoms with van der Waals surface area (Å²) in [4.78, 5) is 12.9. The van der Waals surface area contributed by atoms with E-state index < -0.39 is 0 Å². The fraction of sp³-hybridized carbons (Fsp3) is 0.500. The van der Waals surface area contributed by atoms with Gasteiger partial charge in [0.15, 0.2) is 0 Å². The molecule has 3 N–H and O–H groups in total. The summed E-state index contributed by atoms with van der Waals surface area (Å²) in [5, 5.41) is 2.89. The minimum atomic E-state index is -0.131. The lowest BCUT2D eigenvalue weighted by molar-refractivity contribution is -0.120. The maximum absolute atomic E-state index is 12.0. The zero-order chi connectivity index (χ0) is 13.5. The first-order chi connectivity index (χ1) is 8.54. The summed E-state index contributed by atoms with van der Waals surface area (Å²) in [6.45, 7) is 6.06. The molecule has 0 saturated heterocycles. The number of para-hydroxylation sites is 1. The Morgan fingerprint density at radius 3 is 2.67 bits per heavy atom. The van der Waals surface area contributed by atoms with Gasteiger partial charge in [-0.1, -0.05) is 25.5 Å². The Kier molecular flexibility index (Phi) is 6.05. The maximum Gasteiger partial charge on any atom is 0.233 e. The van der Waals surface area contributed by atoms with Crippen LogP contribution in [0.2, 0.25) is 0 Å². The van der Waals surface area contributed by atoms with Crippen molar-refractivity contribution in [1.82, 2.24) is 5.32 Å². The summed E-state index contributed by atoms with van der Waals surface area (Å²) in [6.07, 6.45) is 2.09. The Labute approximate surface area is 114 Å². The first-order valence-corrected chi connectivity index (χ1v) is 7.24. The number of nitrogens with one attached hydrogen (secondary N) is 1. The van der Waals surface area contributed by atoms with Gasteiger partial charge in [-0.25, -0.2) is 0 Å². The molecule has 0 spiro atoms. The number of benzene rings is 1. The van der Waals surface area contributed by atoms with Crippen LogP contribution in [0.15, 0.2) is 29.2 Å². The van der Waals surface area contributed by atoms with E-state index in [0.717, 1.165) is 23.4 Å². The molecule has 2 unspecified atom stereocenters. The highest BCUT2D eigenvalue weighted by molar-refractivity contribution is 8.00. The number of nitrogen functional groups attached to an aromatic ring is 1. The predicted octanol–water partition coefficient (Wildman–Crippen LogP) is 3.05. The van der Waals surface area contributed by atoms with Gasteiger partial charge in [0.1, 0.15) is 0 Å². The van der Waals surface area contributed by atoms with Crippen LogP contribution in [0.1, 0.15) is 33.6 Å². The zero-order valence-corrected chi connectivity index (χ0v) is 12.1. The van der Waals surface area contributed by atoms with Gasteiger partial charge in [0.25, 0.3) is 0 Å². The minimum absolute atomic E-state index is 0.0733. The van der Waals surface area contributed by atoms with Crippen molar-refractivity contribution in [1.29, 1.82) is 0 Å². The second kappa shape index (κ2) is 7.31. The average molecular weight is 266 g/mol. The van der Waals surface area contributed by atoms with Crippen molar-refractivity contribution in [3.63, 3.8) is 0 Å². The molecule has 100 valence electrons. The van der Waals surface area contributed by atoms with E-state index in [1.54, 1.807) is 0 Å². The van der Waals surface area contributed by atoms with E-state index in [9.17, 15) is 4.79 Å². The van der Waals surface area contributed by atoms with Crippen molar-refractivity contribution in [3.05, 3.63) is 24.3 Å². The standard InChI is InChI=1S/C14H22N2OS/c1-4-7-10(2)16-14(17)11(3)18-13-9-6-5-8-12(13)15/h5-6,8-11H,4,7,15H2,1-3H3,(H,16,17). The van der Waals surface area contributed by atoms with Gasteiger partial charge in [0.05, 0.1) is 5.25 Å². The van der Waals surface area contributed by atoms with E-state index in [2.05, 4.69) is 12.2 Å². The molecule has 18 heavy (non-hydrogen) atoms. The Morgan fingerprint density at radius 1 is 1.39 bits per heavy atom. The van der Waals surface area contributed by atoms with Gasteiger partial charge in [-0.05, 0) is 32.4 Å². The van der Waals surface area contributed by atoms with Gasteiger partial charge in [-0.3, -0.25) is 4.79 Å². The van der Waals surface area contributed by atoms with Crippen LogP contribution in [0.3, 0.4) is 0 Å². The SMILES string of the molecule is CCCC(C)NC(=O)C(C)Sc1ccccc1N. The summed E-state index contributed by atoms with van der Waals surface area (Å²) in [7, 11) is 0. The van der Waals surface area contributed by atoms with Crippen molar-refractivity contribution in [2.24, 2.45) is 0 Å². The third kappa shape index (κ3) is 4.61. The monoisotopic (exact) mass is 266 g/mol. The number of hydrogen-bond donors (Lipinski definition) is 2. The third-order valence-corrected chi connectivity index (χ3v) is 3.90. The second-order valence-corrected chi connectivity index (χ2v) is 5.88. The third-order valence-electron chi connectivity index (χ3n) is 2.70. The van der Waals surface area contributed by atoms with Crippen LogP contribution >= 0.6 is 11.8 Å². The molecule has 0 aliphatic carbocycles. The average Bonchev–Trinajstić information content (AvgIpc) is 2.32. The molecule has 0 aliphatic heterocycles. The fourth-order valence-electron chi connectivity index (χ4n) is 1.70. The molecule has 2 atom stereocenters. The molecule has 1 rings (SSSR count). The smallest absolute Gasteiger partial charge is 0.233 e. The fourth-order valence-corrected chi connectivity index (χ4v) is 2.61. The molecule has 0 heterocycles. The lowest BCUT2D eigenvalue weighted by Gasteiger charge is -2.17. The minimum Gasteiger partial charge on any atom is -0.398 e. The highest BCUT2D eigenvalue weighted by Crippen LogP contribution is 2.28. The van der Waals surface area contributed by atoms with Crippen LogP contribution in [0.5, 0.6) is 0 Å². The van der Waals surface area contributed by atoms with E-state index in [4.69, 9.17) is 5.73 Å². The second-order valence-electron chi connectivity index (χ2n) is 4.50. The highest BCUT2D eigenvalue weighted by atomic mass is 32.2. The van der Waals surface area contributed by atoms with E-state index in [0.29, 0.717) is 0 Å². The number of amides is 1. The van der Waals surface area contributed by atoms with Crippen molar-refractivity contribution in [2.45, 2.75) is 49.8 Å². The summed E-state index contributed by atoms with van der Waals surface area (Å²) >= 11 is 1.50. The Balaban J connectivity index is 2.52. The van der Waals surface area contributed by atoms with Crippen LogP contribution in [-0.2, 0) is 4.79 Å². The first-order valence-electron chi connectivity index (χ1n) is 6.36. The zero-order valence-electron chi connectivity index (χ0n) is 11.3. The molecule has 4 heteroatoms. The van der Waals surface area contributed by atoms with Crippen LogP contribution in [-0.4, -0.2) is 17.2 Å². The summed E-state index contributed by atoms with van der Waals surface area (Å²) < 4.78 is 0. The number of rotatable bonds is 6. The normalized spacial score (nSPS) is 13.9. The van der Waals surface area contributed by atoms with Gasteiger partial charge in [-0.15, -0.1) is 11.8 Å². The molecule has 0 aliphatic rings. The van der Waals surface area contributed by atoms with E-state index >= 15 is 0 Å². The number of anilines is 1. The predicted molar refractivity (Wildman–Crippen MR) is 78.7 cm³/mol. The van der Waals surface area contributed by atoms with Crippen molar-refractivity contribution < 1.29 is 4.79 Å². The maximum atomic E-state index is 12.0. The molecular formula is C14H22N2OS.